The fourth-order valence-corrected chi connectivity index (χ4v) is 2.30. The van der Waals surface area contributed by atoms with Crippen molar-refractivity contribution in [3.05, 3.63) is 53.5 Å². The first-order valence-electron chi connectivity index (χ1n) is 5.91. The average Bonchev–Trinajstić information content (AvgIpc) is 2.81. The first-order chi connectivity index (χ1) is 8.78. The van der Waals surface area contributed by atoms with Gasteiger partial charge in [0, 0.05) is 12.2 Å². The maximum Gasteiger partial charge on any atom is 0.133 e. The minimum Gasteiger partial charge on any atom is -0.390 e. The van der Waals surface area contributed by atoms with Crippen molar-refractivity contribution in [1.29, 1.82) is 0 Å². The molecule has 1 aromatic heterocycles. The van der Waals surface area contributed by atoms with E-state index in [9.17, 15) is 4.39 Å². The van der Waals surface area contributed by atoms with E-state index in [1.54, 1.807) is 6.07 Å². The van der Waals surface area contributed by atoms with Crippen LogP contribution in [0.3, 0.4) is 0 Å². The van der Waals surface area contributed by atoms with Crippen LogP contribution in [0.5, 0.6) is 0 Å². The average molecular weight is 244 g/mol. The van der Waals surface area contributed by atoms with Gasteiger partial charge in [0.1, 0.15) is 11.6 Å². The van der Waals surface area contributed by atoms with Gasteiger partial charge in [-0.2, -0.15) is 0 Å². The number of halogens is 1. The van der Waals surface area contributed by atoms with Crippen molar-refractivity contribution in [3.63, 3.8) is 0 Å². The Balaban J connectivity index is 2.02. The lowest BCUT2D eigenvalue weighted by Gasteiger charge is -2.18. The van der Waals surface area contributed by atoms with Gasteiger partial charge in [-0.25, -0.2) is 9.37 Å². The largest absolute Gasteiger partial charge is 0.390 e. The Labute approximate surface area is 105 Å². The van der Waals surface area contributed by atoms with Gasteiger partial charge < -0.3 is 10.0 Å². The summed E-state index contributed by atoms with van der Waals surface area (Å²) < 4.78 is 13.3. The van der Waals surface area contributed by atoms with Gasteiger partial charge >= 0.3 is 0 Å². The van der Waals surface area contributed by atoms with Crippen molar-refractivity contribution in [3.8, 4) is 0 Å². The summed E-state index contributed by atoms with van der Waals surface area (Å²) in [7, 11) is 0. The smallest absolute Gasteiger partial charge is 0.133 e. The second-order valence-electron chi connectivity index (χ2n) is 4.32. The van der Waals surface area contributed by atoms with Crippen LogP contribution in [0.1, 0.15) is 11.3 Å². The molecule has 2 aromatic rings. The van der Waals surface area contributed by atoms with Gasteiger partial charge in [-0.3, -0.25) is 0 Å². The van der Waals surface area contributed by atoms with Crippen LogP contribution in [-0.2, 0) is 13.0 Å². The van der Waals surface area contributed by atoms with Crippen LogP contribution >= 0.6 is 0 Å². The molecular weight excluding hydrogens is 231 g/mol. The van der Waals surface area contributed by atoms with Crippen LogP contribution in [0, 0.1) is 5.82 Å². The van der Waals surface area contributed by atoms with Crippen molar-refractivity contribution in [2.24, 2.45) is 0 Å². The molecule has 0 radical (unpaired) electrons. The molecule has 0 saturated heterocycles. The number of nitrogens with zero attached hydrogens (tertiary/aromatic N) is 2. The van der Waals surface area contributed by atoms with Gasteiger partial charge in [0.05, 0.1) is 12.3 Å². The molecule has 1 aliphatic rings. The van der Waals surface area contributed by atoms with Gasteiger partial charge in [0.15, 0.2) is 0 Å². The Morgan fingerprint density at radius 2 is 2.17 bits per heavy atom. The molecule has 4 heteroatoms. The van der Waals surface area contributed by atoms with Crippen molar-refractivity contribution in [1.82, 2.24) is 4.98 Å². The van der Waals surface area contributed by atoms with Gasteiger partial charge in [0.25, 0.3) is 0 Å². The van der Waals surface area contributed by atoms with E-state index in [0.717, 1.165) is 30.0 Å². The Hall–Kier alpha value is -1.94. The summed E-state index contributed by atoms with van der Waals surface area (Å²) >= 11 is 0. The normalized spacial score (nSPS) is 13.8. The summed E-state index contributed by atoms with van der Waals surface area (Å²) in [5.41, 5.74) is 2.63. The Morgan fingerprint density at radius 1 is 1.28 bits per heavy atom. The molecule has 18 heavy (non-hydrogen) atoms. The molecule has 0 unspecified atom stereocenters. The number of rotatable bonds is 2. The van der Waals surface area contributed by atoms with Crippen molar-refractivity contribution in [2.45, 2.75) is 13.0 Å². The highest BCUT2D eigenvalue weighted by molar-refractivity contribution is 5.67. The number of hydrogen-bond acceptors (Lipinski definition) is 3. The van der Waals surface area contributed by atoms with Gasteiger partial charge in [-0.05, 0) is 36.2 Å². The summed E-state index contributed by atoms with van der Waals surface area (Å²) in [4.78, 5) is 6.34. The molecule has 0 saturated carbocycles. The molecule has 1 N–H and O–H groups in total. The summed E-state index contributed by atoms with van der Waals surface area (Å²) in [5.74, 6) is 0.518. The Bertz CT molecular complexity index is 586. The molecule has 1 aromatic carbocycles. The van der Waals surface area contributed by atoms with Crippen LogP contribution in [0.15, 0.2) is 36.4 Å². The maximum absolute atomic E-state index is 13.3. The van der Waals surface area contributed by atoms with Gasteiger partial charge in [-0.15, -0.1) is 0 Å². The minimum atomic E-state index is -0.237. The predicted molar refractivity (Wildman–Crippen MR) is 67.3 cm³/mol. The summed E-state index contributed by atoms with van der Waals surface area (Å²) in [6, 6.07) is 10.3. The standard InChI is InChI=1S/C14H13FN2O/c15-11-5-4-10-6-7-17(13(10)8-11)14-3-1-2-12(9-18)16-14/h1-5,8,18H,6-7,9H2. The lowest BCUT2D eigenvalue weighted by molar-refractivity contribution is 0.277. The molecule has 0 bridgehead atoms. The van der Waals surface area contributed by atoms with E-state index in [1.165, 1.54) is 12.1 Å². The summed E-state index contributed by atoms with van der Waals surface area (Å²) in [6.45, 7) is 0.707. The van der Waals surface area contributed by atoms with Crippen molar-refractivity contribution in [2.75, 3.05) is 11.4 Å². The Kier molecular flexibility index (Phi) is 2.72. The third-order valence-electron chi connectivity index (χ3n) is 3.17. The van der Waals surface area contributed by atoms with Crippen LogP contribution in [0.4, 0.5) is 15.9 Å². The lowest BCUT2D eigenvalue weighted by atomic mass is 10.2. The molecule has 92 valence electrons. The molecule has 0 amide bonds. The van der Waals surface area contributed by atoms with Crippen LogP contribution in [-0.4, -0.2) is 16.6 Å². The molecule has 3 rings (SSSR count). The zero-order valence-electron chi connectivity index (χ0n) is 9.81. The molecule has 3 nitrogen and oxygen atoms in total. The highest BCUT2D eigenvalue weighted by Gasteiger charge is 2.21. The number of fused-ring (bicyclic) bond motifs is 1. The van der Waals surface area contributed by atoms with E-state index in [1.807, 2.05) is 23.1 Å². The first kappa shape index (κ1) is 11.2. The number of anilines is 2. The van der Waals surface area contributed by atoms with Crippen LogP contribution in [0.25, 0.3) is 0 Å². The predicted octanol–water partition coefficient (Wildman–Crippen LogP) is 2.41. The molecule has 0 aliphatic carbocycles. The highest BCUT2D eigenvalue weighted by Crippen LogP contribution is 2.33. The zero-order valence-corrected chi connectivity index (χ0v) is 9.81. The van der Waals surface area contributed by atoms with Gasteiger partial charge in [-0.1, -0.05) is 12.1 Å². The number of aliphatic hydroxyl groups excluding tert-OH is 1. The number of pyridine rings is 1. The topological polar surface area (TPSA) is 36.4 Å². The molecule has 2 heterocycles. The quantitative estimate of drug-likeness (QED) is 0.881. The monoisotopic (exact) mass is 244 g/mol. The second kappa shape index (κ2) is 4.38. The van der Waals surface area contributed by atoms with E-state index < -0.39 is 0 Å². The molecule has 1 aliphatic heterocycles. The zero-order chi connectivity index (χ0) is 12.5. The van der Waals surface area contributed by atoms with Crippen LogP contribution < -0.4 is 4.90 Å². The number of hydrogen-bond donors (Lipinski definition) is 1. The minimum absolute atomic E-state index is 0.0856. The van der Waals surface area contributed by atoms with E-state index in [4.69, 9.17) is 5.11 Å². The van der Waals surface area contributed by atoms with Gasteiger partial charge in [0.2, 0.25) is 0 Å². The third kappa shape index (κ3) is 1.84. The third-order valence-corrected chi connectivity index (χ3v) is 3.17. The van der Waals surface area contributed by atoms with E-state index in [-0.39, 0.29) is 12.4 Å². The van der Waals surface area contributed by atoms with Crippen molar-refractivity contribution >= 4 is 11.5 Å². The number of benzene rings is 1. The summed E-state index contributed by atoms with van der Waals surface area (Å²) in [6.07, 6.45) is 0.890. The fourth-order valence-electron chi connectivity index (χ4n) is 2.30. The fraction of sp³-hybridized carbons (Fsp3) is 0.214. The van der Waals surface area contributed by atoms with E-state index >= 15 is 0 Å². The SMILES string of the molecule is OCc1cccc(N2CCc3ccc(F)cc32)n1. The molecule has 0 atom stereocenters. The highest BCUT2D eigenvalue weighted by atomic mass is 19.1. The molecule has 0 spiro atoms. The van der Waals surface area contributed by atoms with Crippen LogP contribution in [0.2, 0.25) is 0 Å². The van der Waals surface area contributed by atoms with E-state index in [2.05, 4.69) is 4.98 Å². The molecule has 0 fully saturated rings. The molecular formula is C14H13FN2O. The Morgan fingerprint density at radius 3 is 3.00 bits per heavy atom. The number of aliphatic hydroxyl groups is 1. The summed E-state index contributed by atoms with van der Waals surface area (Å²) in [5, 5.41) is 9.10. The first-order valence-corrected chi connectivity index (χ1v) is 5.91. The van der Waals surface area contributed by atoms with Crippen molar-refractivity contribution < 1.29 is 9.50 Å². The van der Waals surface area contributed by atoms with E-state index in [0.29, 0.717) is 5.69 Å². The second-order valence-corrected chi connectivity index (χ2v) is 4.32. The number of aromatic nitrogens is 1. The lowest BCUT2D eigenvalue weighted by Crippen LogP contribution is -2.15. The maximum atomic E-state index is 13.3.